The molecule has 0 radical (unpaired) electrons. The highest BCUT2D eigenvalue weighted by Crippen LogP contribution is 2.33. The highest BCUT2D eigenvalue weighted by molar-refractivity contribution is 7.15. The molecule has 2 atom stereocenters. The number of carbonyl (C=O) groups excluding carboxylic acids is 1. The van der Waals surface area contributed by atoms with Gasteiger partial charge < -0.3 is 15.0 Å². The molecule has 0 bridgehead atoms. The second-order valence-electron chi connectivity index (χ2n) is 9.37. The molecule has 200 valence electrons. The van der Waals surface area contributed by atoms with Gasteiger partial charge in [-0.3, -0.25) is 9.48 Å². The van der Waals surface area contributed by atoms with Gasteiger partial charge in [0.1, 0.15) is 5.01 Å². The molecular weight excluding hydrogens is 519 g/mol. The molecule has 4 aromatic rings. The lowest BCUT2D eigenvalue weighted by Gasteiger charge is -2.29. The summed E-state index contributed by atoms with van der Waals surface area (Å²) in [4.78, 5) is 27.8. The van der Waals surface area contributed by atoms with Crippen LogP contribution in [0.1, 0.15) is 39.6 Å². The van der Waals surface area contributed by atoms with Gasteiger partial charge in [-0.05, 0) is 33.0 Å². The maximum absolute atomic E-state index is 13.2. The summed E-state index contributed by atoms with van der Waals surface area (Å²) < 4.78 is 46.1. The van der Waals surface area contributed by atoms with Gasteiger partial charge in [0, 0.05) is 64.8 Å². The average Bonchev–Trinajstić information content (AvgIpc) is 3.48. The third-order valence-electron chi connectivity index (χ3n) is 6.29. The molecule has 1 amide bonds. The van der Waals surface area contributed by atoms with Gasteiger partial charge in [0.25, 0.3) is 5.91 Å². The third-order valence-corrected chi connectivity index (χ3v) is 7.24. The predicted molar refractivity (Wildman–Crippen MR) is 136 cm³/mol. The summed E-state index contributed by atoms with van der Waals surface area (Å²) in [5.41, 5.74) is 2.13. The number of hydrogen-bond acceptors (Lipinski definition) is 8. The van der Waals surface area contributed by atoms with Crippen LogP contribution in [0.5, 0.6) is 0 Å². The zero-order valence-electron chi connectivity index (χ0n) is 21.0. The predicted octanol–water partition coefficient (Wildman–Crippen LogP) is 4.10. The summed E-state index contributed by atoms with van der Waals surface area (Å²) >= 11 is 1.52. The fourth-order valence-electron chi connectivity index (χ4n) is 4.31. The summed E-state index contributed by atoms with van der Waals surface area (Å²) in [7, 11) is 2.06. The van der Waals surface area contributed by atoms with Gasteiger partial charge >= 0.3 is 6.18 Å². The number of fused-ring (bicyclic) bond motifs is 1. The summed E-state index contributed by atoms with van der Waals surface area (Å²) in [6.45, 7) is 6.54. The molecule has 1 aliphatic heterocycles. The molecule has 1 aliphatic rings. The number of rotatable bonds is 6. The first-order valence-corrected chi connectivity index (χ1v) is 12.8. The lowest BCUT2D eigenvalue weighted by Crippen LogP contribution is -2.42. The number of carbonyl (C=O) groups is 1. The van der Waals surface area contributed by atoms with Crippen molar-refractivity contribution >= 4 is 28.1 Å². The summed E-state index contributed by atoms with van der Waals surface area (Å²) in [5.74, 6) is -1.63. The second kappa shape index (κ2) is 10.4. The van der Waals surface area contributed by atoms with E-state index < -0.39 is 23.9 Å². The maximum Gasteiger partial charge on any atom is 0.451 e. The monoisotopic (exact) mass is 545 g/mol. The molecule has 4 heterocycles. The van der Waals surface area contributed by atoms with E-state index >= 15 is 0 Å². The van der Waals surface area contributed by atoms with E-state index in [0.29, 0.717) is 29.8 Å². The molecule has 13 heteroatoms. The van der Waals surface area contributed by atoms with Crippen molar-refractivity contribution in [3.05, 3.63) is 58.7 Å². The van der Waals surface area contributed by atoms with Gasteiger partial charge in [-0.2, -0.15) is 18.3 Å². The molecule has 38 heavy (non-hydrogen) atoms. The van der Waals surface area contributed by atoms with Crippen LogP contribution in [0.15, 0.2) is 36.9 Å². The molecule has 1 fully saturated rings. The number of thiazole rings is 1. The van der Waals surface area contributed by atoms with Gasteiger partial charge in [0.2, 0.25) is 5.82 Å². The van der Waals surface area contributed by atoms with Gasteiger partial charge in [-0.25, -0.2) is 15.0 Å². The standard InChI is InChI=1S/C25H26F3N7O2S/c1-14-8-29-23(38-14)19-6-16(22(36)32-15(2)17-9-30-24(31-10-17)25(26,27)28)7-21-20(19)13-35(33-21)12-18-11-34(3)4-5-37-18/h6-10,13,15,18H,4-5,11-12H2,1-3H3,(H,32,36)/t15-,18?/m1/s1. The van der Waals surface area contributed by atoms with Crippen molar-refractivity contribution in [1.29, 1.82) is 0 Å². The third kappa shape index (κ3) is 5.69. The fraction of sp³-hybridized carbons (Fsp3) is 0.400. The SMILES string of the molecule is Cc1cnc(-c2cc(C(=O)N[C@H](C)c3cnc(C(F)(F)F)nc3)cc3nn(CC4CN(C)CCO4)cc23)s1. The first kappa shape index (κ1) is 26.2. The van der Waals surface area contributed by atoms with Gasteiger partial charge in [0.05, 0.1) is 30.8 Å². The van der Waals surface area contributed by atoms with Crippen LogP contribution >= 0.6 is 11.3 Å². The molecule has 1 aromatic carbocycles. The number of ether oxygens (including phenoxy) is 1. The molecule has 9 nitrogen and oxygen atoms in total. The van der Waals surface area contributed by atoms with Crippen LogP contribution in [-0.4, -0.2) is 68.4 Å². The Hall–Kier alpha value is -3.42. The summed E-state index contributed by atoms with van der Waals surface area (Å²) in [6.07, 6.45) is 1.24. The second-order valence-corrected chi connectivity index (χ2v) is 10.6. The highest BCUT2D eigenvalue weighted by Gasteiger charge is 2.34. The van der Waals surface area contributed by atoms with E-state index in [1.54, 1.807) is 25.3 Å². The lowest BCUT2D eigenvalue weighted by atomic mass is 10.1. The molecule has 1 N–H and O–H groups in total. The van der Waals surface area contributed by atoms with Crippen LogP contribution in [0.4, 0.5) is 13.2 Å². The van der Waals surface area contributed by atoms with Crippen LogP contribution in [0, 0.1) is 6.92 Å². The maximum atomic E-state index is 13.2. The lowest BCUT2D eigenvalue weighted by molar-refractivity contribution is -0.145. The number of halogens is 3. The number of morpholine rings is 1. The number of aromatic nitrogens is 5. The van der Waals surface area contributed by atoms with Crippen molar-refractivity contribution in [2.45, 2.75) is 38.7 Å². The van der Waals surface area contributed by atoms with Gasteiger partial charge in [0.15, 0.2) is 0 Å². The van der Waals surface area contributed by atoms with E-state index in [1.165, 1.54) is 11.3 Å². The van der Waals surface area contributed by atoms with Crippen LogP contribution in [0.25, 0.3) is 21.5 Å². The van der Waals surface area contributed by atoms with Crippen LogP contribution in [-0.2, 0) is 17.5 Å². The zero-order valence-corrected chi connectivity index (χ0v) is 21.8. The minimum absolute atomic E-state index is 0.00295. The number of aryl methyl sites for hydroxylation is 1. The number of nitrogens with one attached hydrogen (secondary N) is 1. The van der Waals surface area contributed by atoms with Crippen molar-refractivity contribution in [2.24, 2.45) is 0 Å². The first-order valence-electron chi connectivity index (χ1n) is 12.0. The largest absolute Gasteiger partial charge is 0.451 e. The first-order chi connectivity index (χ1) is 18.1. The number of hydrogen-bond donors (Lipinski definition) is 1. The Kier molecular flexibility index (Phi) is 7.16. The van der Waals surface area contributed by atoms with E-state index in [1.807, 2.05) is 17.8 Å². The smallest absolute Gasteiger partial charge is 0.374 e. The topological polar surface area (TPSA) is 98.1 Å². The van der Waals surface area contributed by atoms with E-state index in [0.717, 1.165) is 46.3 Å². The summed E-state index contributed by atoms with van der Waals surface area (Å²) in [5, 5.41) is 9.17. The van der Waals surface area contributed by atoms with Crippen molar-refractivity contribution < 1.29 is 22.7 Å². The van der Waals surface area contributed by atoms with Crippen LogP contribution < -0.4 is 5.32 Å². The zero-order chi connectivity index (χ0) is 27.0. The highest BCUT2D eigenvalue weighted by atomic mass is 32.1. The molecule has 3 aromatic heterocycles. The number of benzene rings is 1. The minimum Gasteiger partial charge on any atom is -0.374 e. The Morgan fingerprint density at radius 3 is 2.66 bits per heavy atom. The molecule has 1 unspecified atom stereocenters. The molecule has 0 saturated carbocycles. The van der Waals surface area contributed by atoms with E-state index in [9.17, 15) is 18.0 Å². The molecule has 1 saturated heterocycles. The number of likely N-dealkylation sites (N-methyl/N-ethyl adjacent to an activating group) is 1. The Morgan fingerprint density at radius 1 is 1.24 bits per heavy atom. The van der Waals surface area contributed by atoms with Crippen molar-refractivity contribution in [1.82, 2.24) is 34.9 Å². The van der Waals surface area contributed by atoms with Crippen LogP contribution in [0.2, 0.25) is 0 Å². The van der Waals surface area contributed by atoms with Gasteiger partial charge in [-0.1, -0.05) is 0 Å². The molecule has 0 aliphatic carbocycles. The Morgan fingerprint density at radius 2 is 2.00 bits per heavy atom. The van der Waals surface area contributed by atoms with Crippen molar-refractivity contribution in [3.8, 4) is 10.6 Å². The van der Waals surface area contributed by atoms with Crippen molar-refractivity contribution in [3.63, 3.8) is 0 Å². The summed E-state index contributed by atoms with van der Waals surface area (Å²) in [6, 6.07) is 2.85. The Balaban J connectivity index is 1.43. The fourth-order valence-corrected chi connectivity index (χ4v) is 5.11. The minimum atomic E-state index is -4.63. The number of amides is 1. The Labute approximate surface area is 220 Å². The number of nitrogens with zero attached hydrogens (tertiary/aromatic N) is 6. The van der Waals surface area contributed by atoms with E-state index in [2.05, 4.69) is 32.2 Å². The molecule has 5 rings (SSSR count). The Bertz CT molecular complexity index is 1450. The molecule has 0 spiro atoms. The van der Waals surface area contributed by atoms with E-state index in [4.69, 9.17) is 9.84 Å². The normalized spacial score (nSPS) is 17.6. The van der Waals surface area contributed by atoms with Crippen molar-refractivity contribution in [2.75, 3.05) is 26.7 Å². The molecular formula is C25H26F3N7O2S. The van der Waals surface area contributed by atoms with Crippen LogP contribution in [0.3, 0.4) is 0 Å². The van der Waals surface area contributed by atoms with Gasteiger partial charge in [-0.15, -0.1) is 11.3 Å². The van der Waals surface area contributed by atoms with E-state index in [-0.39, 0.29) is 6.10 Å². The average molecular weight is 546 g/mol. The quantitative estimate of drug-likeness (QED) is 0.390. The number of alkyl halides is 3.